The highest BCUT2D eigenvalue weighted by Crippen LogP contribution is 2.39. The number of H-pyrrole nitrogens is 1. The van der Waals surface area contributed by atoms with Gasteiger partial charge in [0.05, 0.1) is 5.54 Å². The fraction of sp³-hybridized carbons (Fsp3) is 0.591. The van der Waals surface area contributed by atoms with Crippen LogP contribution in [0.15, 0.2) is 30.3 Å². The summed E-state index contributed by atoms with van der Waals surface area (Å²) in [5.74, 6) is 1.58. The van der Waals surface area contributed by atoms with Crippen LogP contribution in [0.1, 0.15) is 36.2 Å². The minimum absolute atomic E-state index is 0.123. The molecule has 1 amide bonds. The number of likely N-dealkylation sites (N-methyl/N-ethyl adjacent to an activating group) is 1. The number of hydrogen-bond donors (Lipinski definition) is 1. The Morgan fingerprint density at radius 3 is 2.74 bits per heavy atom. The van der Waals surface area contributed by atoms with Gasteiger partial charge in [-0.05, 0) is 63.2 Å². The zero-order valence-corrected chi connectivity index (χ0v) is 16.1. The molecule has 2 aliphatic heterocycles. The number of carbonyl (C=O) groups is 1. The molecule has 5 rings (SSSR count). The Labute approximate surface area is 160 Å². The predicted octanol–water partition coefficient (Wildman–Crippen LogP) is 3.13. The van der Waals surface area contributed by atoms with Gasteiger partial charge in [0.25, 0.3) is 5.91 Å². The molecule has 0 bridgehead atoms. The molecule has 2 aromatic rings. The average molecular weight is 367 g/mol. The fourth-order valence-corrected chi connectivity index (χ4v) is 4.77. The Morgan fingerprint density at radius 1 is 1.19 bits per heavy atom. The minimum atomic E-state index is 0.123. The maximum Gasteiger partial charge on any atom is 0.270 e. The summed E-state index contributed by atoms with van der Waals surface area (Å²) in [4.78, 5) is 20.7. The van der Waals surface area contributed by atoms with Gasteiger partial charge in [-0.25, -0.2) is 0 Å². The standard InChI is InChI=1S/C22H29N3O2/c1-24-9-8-17(13-27-12-16-6-7-16)11-22(24)14-25(15-22)21(26)20-10-18-4-2-3-5-19(18)23-20/h2-5,10,16-17,23H,6-9,11-15H2,1H3/t17-/m1/s1. The van der Waals surface area contributed by atoms with Crippen LogP contribution in [-0.4, -0.2) is 66.1 Å². The second-order valence-corrected chi connectivity index (χ2v) is 8.92. The number of fused-ring (bicyclic) bond motifs is 1. The zero-order chi connectivity index (χ0) is 18.4. The molecule has 0 unspecified atom stereocenters. The Hall–Kier alpha value is -1.85. The number of piperidine rings is 1. The van der Waals surface area contributed by atoms with Gasteiger partial charge < -0.3 is 14.6 Å². The van der Waals surface area contributed by atoms with Crippen LogP contribution < -0.4 is 0 Å². The number of aromatic nitrogens is 1. The summed E-state index contributed by atoms with van der Waals surface area (Å²) in [5.41, 5.74) is 1.88. The monoisotopic (exact) mass is 367 g/mol. The van der Waals surface area contributed by atoms with Gasteiger partial charge >= 0.3 is 0 Å². The van der Waals surface area contributed by atoms with Gasteiger partial charge in [-0.2, -0.15) is 0 Å². The van der Waals surface area contributed by atoms with Crippen molar-refractivity contribution in [2.24, 2.45) is 11.8 Å². The maximum atomic E-state index is 12.9. The molecule has 144 valence electrons. The molecule has 0 radical (unpaired) electrons. The maximum absolute atomic E-state index is 12.9. The lowest BCUT2D eigenvalue weighted by atomic mass is 9.75. The van der Waals surface area contributed by atoms with Crippen LogP contribution in [0.25, 0.3) is 10.9 Å². The van der Waals surface area contributed by atoms with Crippen molar-refractivity contribution in [3.63, 3.8) is 0 Å². The number of nitrogens with zero attached hydrogens (tertiary/aromatic N) is 2. The summed E-state index contributed by atoms with van der Waals surface area (Å²) in [6.45, 7) is 4.60. The predicted molar refractivity (Wildman–Crippen MR) is 106 cm³/mol. The summed E-state index contributed by atoms with van der Waals surface area (Å²) in [5, 5.41) is 1.10. The van der Waals surface area contributed by atoms with Crippen LogP contribution in [0.4, 0.5) is 0 Å². The molecule has 1 aromatic heterocycles. The first-order valence-electron chi connectivity index (χ1n) is 10.3. The number of carbonyl (C=O) groups excluding carboxylic acids is 1. The van der Waals surface area contributed by atoms with Gasteiger partial charge in [-0.1, -0.05) is 18.2 Å². The third-order valence-electron chi connectivity index (χ3n) is 6.77. The van der Waals surface area contributed by atoms with Crippen molar-refractivity contribution >= 4 is 16.8 Å². The number of aromatic amines is 1. The van der Waals surface area contributed by atoms with Gasteiger partial charge in [-0.15, -0.1) is 0 Å². The normalized spacial score (nSPS) is 25.1. The molecule has 1 atom stereocenters. The van der Waals surface area contributed by atoms with Crippen LogP contribution in [0, 0.1) is 11.8 Å². The molecule has 3 fully saturated rings. The number of nitrogens with one attached hydrogen (secondary N) is 1. The third-order valence-corrected chi connectivity index (χ3v) is 6.77. The summed E-state index contributed by atoms with van der Waals surface area (Å²) >= 11 is 0. The Balaban J connectivity index is 1.21. The molecule has 1 spiro atoms. The van der Waals surface area contributed by atoms with E-state index < -0.39 is 0 Å². The summed E-state index contributed by atoms with van der Waals surface area (Å²) in [7, 11) is 2.21. The Bertz CT molecular complexity index is 802. The molecule has 27 heavy (non-hydrogen) atoms. The molecule has 2 saturated heterocycles. The highest BCUT2D eigenvalue weighted by molar-refractivity contribution is 5.98. The average Bonchev–Trinajstić information content (AvgIpc) is 3.36. The van der Waals surface area contributed by atoms with E-state index in [4.69, 9.17) is 4.74 Å². The number of ether oxygens (including phenoxy) is 1. The van der Waals surface area contributed by atoms with Crippen LogP contribution in [0.3, 0.4) is 0 Å². The van der Waals surface area contributed by atoms with Crippen molar-refractivity contribution in [3.05, 3.63) is 36.0 Å². The van der Waals surface area contributed by atoms with Crippen molar-refractivity contribution in [2.45, 2.75) is 31.2 Å². The van der Waals surface area contributed by atoms with Crippen molar-refractivity contribution in [1.82, 2.24) is 14.8 Å². The van der Waals surface area contributed by atoms with E-state index in [2.05, 4.69) is 16.9 Å². The van der Waals surface area contributed by atoms with E-state index in [0.29, 0.717) is 11.6 Å². The van der Waals surface area contributed by atoms with Crippen LogP contribution in [0.2, 0.25) is 0 Å². The van der Waals surface area contributed by atoms with E-state index in [9.17, 15) is 4.79 Å². The molecule has 5 nitrogen and oxygen atoms in total. The van der Waals surface area contributed by atoms with Crippen molar-refractivity contribution in [1.29, 1.82) is 0 Å². The fourth-order valence-electron chi connectivity index (χ4n) is 4.77. The Kier molecular flexibility index (Phi) is 4.25. The minimum Gasteiger partial charge on any atom is -0.381 e. The van der Waals surface area contributed by atoms with Gasteiger partial charge in [0, 0.05) is 37.2 Å². The van der Waals surface area contributed by atoms with Gasteiger partial charge in [0.15, 0.2) is 0 Å². The third kappa shape index (κ3) is 3.27. The first kappa shape index (κ1) is 17.3. The molecule has 1 aromatic carbocycles. The number of benzene rings is 1. The molecule has 1 saturated carbocycles. The van der Waals surface area contributed by atoms with E-state index in [1.165, 1.54) is 19.3 Å². The first-order chi connectivity index (χ1) is 13.1. The van der Waals surface area contributed by atoms with Crippen LogP contribution in [-0.2, 0) is 4.74 Å². The highest BCUT2D eigenvalue weighted by atomic mass is 16.5. The number of likely N-dealkylation sites (tertiary alicyclic amines) is 2. The molecule has 1 aliphatic carbocycles. The number of hydrogen-bond acceptors (Lipinski definition) is 3. The van der Waals surface area contributed by atoms with Crippen molar-refractivity contribution in [3.8, 4) is 0 Å². The summed E-state index contributed by atoms with van der Waals surface area (Å²) in [6.07, 6.45) is 5.05. The van der Waals surface area contributed by atoms with Crippen LogP contribution in [0.5, 0.6) is 0 Å². The summed E-state index contributed by atoms with van der Waals surface area (Å²) < 4.78 is 5.97. The Morgan fingerprint density at radius 2 is 1.96 bits per heavy atom. The first-order valence-corrected chi connectivity index (χ1v) is 10.3. The quantitative estimate of drug-likeness (QED) is 0.883. The van der Waals surface area contributed by atoms with Gasteiger partial charge in [0.2, 0.25) is 0 Å². The van der Waals surface area contributed by atoms with Crippen molar-refractivity contribution < 1.29 is 9.53 Å². The lowest BCUT2D eigenvalue weighted by molar-refractivity contribution is -0.0762. The lowest BCUT2D eigenvalue weighted by Gasteiger charge is -2.58. The second kappa shape index (κ2) is 6.64. The molecule has 3 heterocycles. The molecule has 3 aliphatic rings. The topological polar surface area (TPSA) is 48.6 Å². The largest absolute Gasteiger partial charge is 0.381 e. The summed E-state index contributed by atoms with van der Waals surface area (Å²) in [6, 6.07) is 10.0. The number of para-hydroxylation sites is 1. The smallest absolute Gasteiger partial charge is 0.270 e. The van der Waals surface area contributed by atoms with Gasteiger partial charge in [-0.3, -0.25) is 9.69 Å². The number of amides is 1. The van der Waals surface area contributed by atoms with E-state index in [-0.39, 0.29) is 11.4 Å². The van der Waals surface area contributed by atoms with Crippen molar-refractivity contribution in [2.75, 3.05) is 39.9 Å². The molecule has 5 heteroatoms. The SMILES string of the molecule is CN1CC[C@@H](COCC2CC2)CC12CN(C(=O)c1cc3ccccc3[nH]1)C2. The van der Waals surface area contributed by atoms with E-state index >= 15 is 0 Å². The van der Waals surface area contributed by atoms with E-state index in [1.54, 1.807) is 0 Å². The zero-order valence-electron chi connectivity index (χ0n) is 16.1. The van der Waals surface area contributed by atoms with Gasteiger partial charge in [0.1, 0.15) is 5.69 Å². The second-order valence-electron chi connectivity index (χ2n) is 8.92. The van der Waals surface area contributed by atoms with Crippen LogP contribution >= 0.6 is 0 Å². The van der Waals surface area contributed by atoms with E-state index in [0.717, 1.165) is 56.1 Å². The number of rotatable bonds is 5. The highest BCUT2D eigenvalue weighted by Gasteiger charge is 2.51. The lowest BCUT2D eigenvalue weighted by Crippen LogP contribution is -2.72. The van der Waals surface area contributed by atoms with E-state index in [1.807, 2.05) is 35.2 Å². The molecular formula is C22H29N3O2. The molecular weight excluding hydrogens is 338 g/mol. The molecule has 1 N–H and O–H groups in total.